The predicted octanol–water partition coefficient (Wildman–Crippen LogP) is 4.92. The van der Waals surface area contributed by atoms with Crippen molar-refractivity contribution in [3.8, 4) is 11.3 Å². The van der Waals surface area contributed by atoms with Crippen LogP contribution in [0, 0.1) is 6.92 Å². The maximum absolute atomic E-state index is 13.4. The highest BCUT2D eigenvalue weighted by molar-refractivity contribution is 7.15. The summed E-state index contributed by atoms with van der Waals surface area (Å²) in [7, 11) is 2.08. The van der Waals surface area contributed by atoms with Gasteiger partial charge in [0.05, 0.1) is 21.3 Å². The van der Waals surface area contributed by atoms with Crippen LogP contribution in [0.15, 0.2) is 77.6 Å². The number of thiazole rings is 1. The number of para-hydroxylation sites is 2. The molecular weight excluding hydrogens is 402 g/mol. The van der Waals surface area contributed by atoms with Crippen LogP contribution in [0.25, 0.3) is 44.2 Å². The number of nitrogens with zero attached hydrogens (tertiary/aromatic N) is 3. The molecule has 150 valence electrons. The molecule has 0 saturated carbocycles. The third-order valence-corrected chi connectivity index (χ3v) is 6.91. The molecule has 0 aliphatic carbocycles. The normalized spacial score (nSPS) is 12.5. The Hall–Kier alpha value is -3.70. The maximum atomic E-state index is 13.4. The molecule has 3 aromatic carbocycles. The molecule has 0 aliphatic heterocycles. The first-order valence-corrected chi connectivity index (χ1v) is 11.0. The van der Waals surface area contributed by atoms with Crippen LogP contribution in [0.3, 0.4) is 0 Å². The van der Waals surface area contributed by atoms with Crippen molar-refractivity contribution in [2.24, 2.45) is 7.05 Å². The number of aromatic nitrogens is 3. The highest BCUT2D eigenvalue weighted by Crippen LogP contribution is 2.33. The van der Waals surface area contributed by atoms with E-state index in [1.807, 2.05) is 61.5 Å². The van der Waals surface area contributed by atoms with E-state index in [1.165, 1.54) is 11.3 Å². The molecule has 31 heavy (non-hydrogen) atoms. The number of hydrogen-bond acceptors (Lipinski definition) is 3. The second kappa shape index (κ2) is 6.65. The van der Waals surface area contributed by atoms with Gasteiger partial charge in [0.25, 0.3) is 5.56 Å². The Morgan fingerprint density at radius 3 is 2.48 bits per heavy atom. The summed E-state index contributed by atoms with van der Waals surface area (Å²) in [5.41, 5.74) is 7.27. The highest BCUT2D eigenvalue weighted by atomic mass is 32.1. The van der Waals surface area contributed by atoms with Gasteiger partial charge in [-0.25, -0.2) is 9.38 Å². The van der Waals surface area contributed by atoms with E-state index >= 15 is 0 Å². The number of benzene rings is 3. The van der Waals surface area contributed by atoms with Crippen LogP contribution in [-0.2, 0) is 7.05 Å². The lowest BCUT2D eigenvalue weighted by atomic mass is 10.0. The van der Waals surface area contributed by atoms with E-state index in [0.717, 1.165) is 49.3 Å². The van der Waals surface area contributed by atoms with Crippen molar-refractivity contribution < 1.29 is 0 Å². The Balaban J connectivity index is 1.70. The van der Waals surface area contributed by atoms with Gasteiger partial charge in [-0.15, -0.1) is 0 Å². The molecule has 0 N–H and O–H groups in total. The van der Waals surface area contributed by atoms with Gasteiger partial charge >= 0.3 is 0 Å². The van der Waals surface area contributed by atoms with Gasteiger partial charge in [0.2, 0.25) is 0 Å². The third kappa shape index (κ3) is 2.60. The fourth-order valence-electron chi connectivity index (χ4n) is 4.47. The molecule has 3 aromatic heterocycles. The summed E-state index contributed by atoms with van der Waals surface area (Å²) in [6.45, 7) is 2.03. The minimum Gasteiger partial charge on any atom is -0.343 e. The zero-order valence-electron chi connectivity index (χ0n) is 17.2. The summed E-state index contributed by atoms with van der Waals surface area (Å²) in [5.74, 6) is 0. The lowest BCUT2D eigenvalue weighted by Crippen LogP contribution is -2.22. The summed E-state index contributed by atoms with van der Waals surface area (Å²) in [5, 5.41) is 1.13. The highest BCUT2D eigenvalue weighted by Gasteiger charge is 2.17. The Morgan fingerprint density at radius 1 is 0.903 bits per heavy atom. The van der Waals surface area contributed by atoms with Crippen LogP contribution in [0.5, 0.6) is 0 Å². The van der Waals surface area contributed by atoms with Crippen molar-refractivity contribution in [2.45, 2.75) is 6.92 Å². The van der Waals surface area contributed by atoms with Crippen molar-refractivity contribution in [1.29, 1.82) is 0 Å². The smallest absolute Gasteiger partial charge is 0.274 e. The molecular formula is C26H19N3OS. The van der Waals surface area contributed by atoms with Gasteiger partial charge in [-0.05, 0) is 36.3 Å². The molecule has 0 amide bonds. The van der Waals surface area contributed by atoms with Gasteiger partial charge in [-0.2, -0.15) is 0 Å². The second-order valence-electron chi connectivity index (χ2n) is 7.79. The molecule has 6 aromatic rings. The van der Waals surface area contributed by atoms with Gasteiger partial charge in [-0.3, -0.25) is 4.79 Å². The molecule has 5 heteroatoms. The second-order valence-corrected chi connectivity index (χ2v) is 8.80. The molecule has 0 saturated heterocycles. The van der Waals surface area contributed by atoms with E-state index in [9.17, 15) is 4.79 Å². The molecule has 6 rings (SSSR count). The van der Waals surface area contributed by atoms with Gasteiger partial charge in [0, 0.05) is 23.5 Å². The van der Waals surface area contributed by atoms with Crippen molar-refractivity contribution in [3.63, 3.8) is 0 Å². The summed E-state index contributed by atoms with van der Waals surface area (Å²) >= 11 is 1.45. The van der Waals surface area contributed by atoms with Crippen LogP contribution in [0.1, 0.15) is 11.1 Å². The minimum absolute atomic E-state index is 0.0138. The Kier molecular flexibility index (Phi) is 3.88. The SMILES string of the molecule is Cc1cccc2c1nc1sc(=Cc3c(-c4ccccc4)n(C)c4ccccc34)c(=O)n12. The van der Waals surface area contributed by atoms with E-state index < -0.39 is 0 Å². The Morgan fingerprint density at radius 2 is 1.65 bits per heavy atom. The van der Waals surface area contributed by atoms with Crippen LogP contribution < -0.4 is 10.1 Å². The number of aryl methyl sites for hydroxylation is 2. The summed E-state index contributed by atoms with van der Waals surface area (Å²) in [6, 6.07) is 24.6. The molecule has 0 spiro atoms. The quantitative estimate of drug-likeness (QED) is 0.398. The predicted molar refractivity (Wildman–Crippen MR) is 129 cm³/mol. The number of imidazole rings is 1. The van der Waals surface area contributed by atoms with Gasteiger partial charge in [0.15, 0.2) is 4.96 Å². The molecule has 0 atom stereocenters. The first kappa shape index (κ1) is 18.1. The van der Waals surface area contributed by atoms with Crippen molar-refractivity contribution >= 4 is 44.3 Å². The largest absolute Gasteiger partial charge is 0.343 e. The number of fused-ring (bicyclic) bond motifs is 4. The molecule has 0 bridgehead atoms. The van der Waals surface area contributed by atoms with E-state index in [-0.39, 0.29) is 5.56 Å². The number of hydrogen-bond donors (Lipinski definition) is 0. The molecule has 0 unspecified atom stereocenters. The fraction of sp³-hybridized carbons (Fsp3) is 0.0769. The topological polar surface area (TPSA) is 39.3 Å². The van der Waals surface area contributed by atoms with Gasteiger partial charge < -0.3 is 4.57 Å². The van der Waals surface area contributed by atoms with Crippen LogP contribution in [-0.4, -0.2) is 14.0 Å². The molecule has 0 radical (unpaired) electrons. The molecule has 3 heterocycles. The molecule has 0 aliphatic rings. The summed E-state index contributed by atoms with van der Waals surface area (Å²) in [6.07, 6.45) is 2.04. The minimum atomic E-state index is -0.0138. The zero-order chi connectivity index (χ0) is 21.1. The van der Waals surface area contributed by atoms with Crippen molar-refractivity contribution in [1.82, 2.24) is 14.0 Å². The summed E-state index contributed by atoms with van der Waals surface area (Å²) < 4.78 is 4.64. The Bertz CT molecular complexity index is 1720. The molecule has 0 fully saturated rings. The standard InChI is InChI=1S/C26H19N3OS/c1-16-9-8-14-21-23(16)27-26-29(21)25(30)22(31-26)15-19-18-12-6-7-13-20(18)28(2)24(19)17-10-4-3-5-11-17/h3-15H,1-2H3. The third-order valence-electron chi connectivity index (χ3n) is 5.94. The lowest BCUT2D eigenvalue weighted by molar-refractivity contribution is 0.977. The molecule has 4 nitrogen and oxygen atoms in total. The summed E-state index contributed by atoms with van der Waals surface area (Å²) in [4.78, 5) is 18.9. The van der Waals surface area contributed by atoms with E-state index in [4.69, 9.17) is 4.98 Å². The maximum Gasteiger partial charge on any atom is 0.274 e. The average Bonchev–Trinajstić information content (AvgIpc) is 3.40. The van der Waals surface area contributed by atoms with Crippen molar-refractivity contribution in [2.75, 3.05) is 0 Å². The number of rotatable bonds is 2. The van der Waals surface area contributed by atoms with Crippen LogP contribution >= 0.6 is 11.3 Å². The van der Waals surface area contributed by atoms with Gasteiger partial charge in [0.1, 0.15) is 0 Å². The van der Waals surface area contributed by atoms with Gasteiger partial charge in [-0.1, -0.05) is 72.0 Å². The van der Waals surface area contributed by atoms with E-state index in [2.05, 4.69) is 35.9 Å². The monoisotopic (exact) mass is 421 g/mol. The van der Waals surface area contributed by atoms with Crippen LogP contribution in [0.4, 0.5) is 0 Å². The average molecular weight is 422 g/mol. The lowest BCUT2D eigenvalue weighted by Gasteiger charge is -2.06. The first-order chi connectivity index (χ1) is 15.1. The van der Waals surface area contributed by atoms with E-state index in [0.29, 0.717) is 4.53 Å². The Labute approximate surface area is 182 Å². The van der Waals surface area contributed by atoms with Crippen LogP contribution in [0.2, 0.25) is 0 Å². The first-order valence-electron chi connectivity index (χ1n) is 10.2. The zero-order valence-corrected chi connectivity index (χ0v) is 18.0. The van der Waals surface area contributed by atoms with E-state index in [1.54, 1.807) is 4.40 Å². The fourth-order valence-corrected chi connectivity index (χ4v) is 5.43. The van der Waals surface area contributed by atoms with Crippen molar-refractivity contribution in [3.05, 3.63) is 98.8 Å².